The molecule has 1 saturated heterocycles. The van der Waals surface area contributed by atoms with Crippen LogP contribution in [0.4, 0.5) is 0 Å². The molecule has 1 aromatic heterocycles. The van der Waals surface area contributed by atoms with Gasteiger partial charge in [0, 0.05) is 38.7 Å². The standard InChI is InChI=1S/C19H27N3OS/c1-16-20-19(15-24-16)13-22-9-3-8-21(10-11-22)12-17-4-6-18(7-5-17)14-23-2/h4-7,15H,3,8-14H2,1-2H3. The number of rotatable bonds is 6. The van der Waals surface area contributed by atoms with Gasteiger partial charge in [0.15, 0.2) is 0 Å². The Labute approximate surface area is 149 Å². The molecule has 130 valence electrons. The third kappa shape index (κ3) is 5.11. The number of aromatic nitrogens is 1. The van der Waals surface area contributed by atoms with Crippen LogP contribution in [0.3, 0.4) is 0 Å². The summed E-state index contributed by atoms with van der Waals surface area (Å²) in [4.78, 5) is 9.70. The molecule has 0 saturated carbocycles. The Morgan fingerprint density at radius 3 is 2.29 bits per heavy atom. The summed E-state index contributed by atoms with van der Waals surface area (Å²) in [5.41, 5.74) is 3.85. The number of methoxy groups -OCH3 is 1. The maximum atomic E-state index is 5.18. The first-order valence-electron chi connectivity index (χ1n) is 8.65. The van der Waals surface area contributed by atoms with Gasteiger partial charge in [-0.1, -0.05) is 24.3 Å². The van der Waals surface area contributed by atoms with Crippen LogP contribution in [0.1, 0.15) is 28.2 Å². The Morgan fingerprint density at radius 2 is 1.67 bits per heavy atom. The van der Waals surface area contributed by atoms with E-state index in [9.17, 15) is 0 Å². The highest BCUT2D eigenvalue weighted by molar-refractivity contribution is 7.09. The number of hydrogen-bond donors (Lipinski definition) is 0. The summed E-state index contributed by atoms with van der Waals surface area (Å²) in [5, 5.41) is 3.36. The fourth-order valence-corrected chi connectivity index (χ4v) is 3.82. The summed E-state index contributed by atoms with van der Waals surface area (Å²) in [6.45, 7) is 9.39. The molecule has 0 spiro atoms. The predicted molar refractivity (Wildman–Crippen MR) is 99.2 cm³/mol. The summed E-state index contributed by atoms with van der Waals surface area (Å²) < 4.78 is 5.18. The van der Waals surface area contributed by atoms with Crippen LogP contribution in [0.25, 0.3) is 0 Å². The summed E-state index contributed by atoms with van der Waals surface area (Å²) >= 11 is 1.75. The van der Waals surface area contributed by atoms with Gasteiger partial charge >= 0.3 is 0 Å². The molecular formula is C19H27N3OS. The van der Waals surface area contributed by atoms with Crippen molar-refractivity contribution in [2.75, 3.05) is 33.3 Å². The molecule has 0 aliphatic carbocycles. The molecule has 0 N–H and O–H groups in total. The van der Waals surface area contributed by atoms with Crippen LogP contribution in [0.2, 0.25) is 0 Å². The largest absolute Gasteiger partial charge is 0.380 e. The number of nitrogens with zero attached hydrogens (tertiary/aromatic N) is 3. The summed E-state index contributed by atoms with van der Waals surface area (Å²) in [6.07, 6.45) is 1.23. The zero-order chi connectivity index (χ0) is 16.8. The number of hydrogen-bond acceptors (Lipinski definition) is 5. The van der Waals surface area contributed by atoms with Crippen LogP contribution in [-0.2, 0) is 24.4 Å². The van der Waals surface area contributed by atoms with E-state index < -0.39 is 0 Å². The maximum Gasteiger partial charge on any atom is 0.0897 e. The first kappa shape index (κ1) is 17.5. The molecular weight excluding hydrogens is 318 g/mol. The van der Waals surface area contributed by atoms with E-state index in [0.717, 1.165) is 26.2 Å². The number of aryl methyl sites for hydroxylation is 1. The summed E-state index contributed by atoms with van der Waals surface area (Å²) in [6, 6.07) is 8.81. The lowest BCUT2D eigenvalue weighted by Gasteiger charge is -2.21. The number of thiazole rings is 1. The van der Waals surface area contributed by atoms with Gasteiger partial charge in [-0.15, -0.1) is 11.3 Å². The second kappa shape index (κ2) is 8.72. The number of ether oxygens (including phenoxy) is 1. The van der Waals surface area contributed by atoms with E-state index in [1.54, 1.807) is 18.4 Å². The van der Waals surface area contributed by atoms with Crippen LogP contribution in [-0.4, -0.2) is 48.1 Å². The van der Waals surface area contributed by atoms with E-state index in [-0.39, 0.29) is 0 Å². The molecule has 24 heavy (non-hydrogen) atoms. The van der Waals surface area contributed by atoms with Gasteiger partial charge in [-0.25, -0.2) is 4.98 Å². The molecule has 1 aliphatic heterocycles. The minimum atomic E-state index is 0.690. The van der Waals surface area contributed by atoms with Crippen molar-refractivity contribution in [3.05, 3.63) is 51.5 Å². The van der Waals surface area contributed by atoms with E-state index in [0.29, 0.717) is 6.61 Å². The van der Waals surface area contributed by atoms with E-state index in [1.165, 1.54) is 41.3 Å². The highest BCUT2D eigenvalue weighted by Gasteiger charge is 2.16. The summed E-state index contributed by atoms with van der Waals surface area (Å²) in [5.74, 6) is 0. The average molecular weight is 346 g/mol. The fourth-order valence-electron chi connectivity index (χ4n) is 3.22. The maximum absolute atomic E-state index is 5.18. The molecule has 0 unspecified atom stereocenters. The van der Waals surface area contributed by atoms with Gasteiger partial charge in [0.1, 0.15) is 0 Å². The lowest BCUT2D eigenvalue weighted by Crippen LogP contribution is -2.30. The van der Waals surface area contributed by atoms with Crippen LogP contribution in [0.15, 0.2) is 29.6 Å². The molecule has 4 nitrogen and oxygen atoms in total. The fraction of sp³-hybridized carbons (Fsp3) is 0.526. The molecule has 5 heteroatoms. The van der Waals surface area contributed by atoms with Gasteiger partial charge in [-0.05, 0) is 37.6 Å². The van der Waals surface area contributed by atoms with Gasteiger partial charge in [0.25, 0.3) is 0 Å². The molecule has 1 aromatic carbocycles. The smallest absolute Gasteiger partial charge is 0.0897 e. The van der Waals surface area contributed by atoms with E-state index in [1.807, 2.05) is 0 Å². The first-order valence-corrected chi connectivity index (χ1v) is 9.53. The SMILES string of the molecule is COCc1ccc(CN2CCCN(Cc3csc(C)n3)CC2)cc1. The lowest BCUT2D eigenvalue weighted by molar-refractivity contribution is 0.185. The molecule has 1 aliphatic rings. The van der Waals surface area contributed by atoms with Crippen molar-refractivity contribution >= 4 is 11.3 Å². The van der Waals surface area contributed by atoms with Gasteiger partial charge in [-0.3, -0.25) is 9.80 Å². The van der Waals surface area contributed by atoms with Crippen molar-refractivity contribution in [1.29, 1.82) is 0 Å². The van der Waals surface area contributed by atoms with Crippen molar-refractivity contribution in [3.63, 3.8) is 0 Å². The second-order valence-corrected chi connectivity index (χ2v) is 7.58. The average Bonchev–Trinajstić information content (AvgIpc) is 2.86. The normalized spacial score (nSPS) is 17.1. The van der Waals surface area contributed by atoms with Crippen LogP contribution < -0.4 is 0 Å². The molecule has 2 aromatic rings. The molecule has 3 rings (SSSR count). The minimum absolute atomic E-state index is 0.690. The van der Waals surface area contributed by atoms with Gasteiger partial charge < -0.3 is 4.74 Å². The minimum Gasteiger partial charge on any atom is -0.380 e. The highest BCUT2D eigenvalue weighted by atomic mass is 32.1. The zero-order valence-corrected chi connectivity index (χ0v) is 15.5. The molecule has 0 amide bonds. The summed E-state index contributed by atoms with van der Waals surface area (Å²) in [7, 11) is 1.74. The Hall–Kier alpha value is -1.27. The van der Waals surface area contributed by atoms with E-state index in [2.05, 4.69) is 51.4 Å². The molecule has 1 fully saturated rings. The van der Waals surface area contributed by atoms with Gasteiger partial charge in [0.2, 0.25) is 0 Å². The molecule has 0 atom stereocenters. The predicted octanol–water partition coefficient (Wildman–Crippen LogP) is 3.31. The van der Waals surface area contributed by atoms with Crippen LogP contribution >= 0.6 is 11.3 Å². The van der Waals surface area contributed by atoms with Crippen molar-refractivity contribution in [1.82, 2.24) is 14.8 Å². The van der Waals surface area contributed by atoms with Crippen molar-refractivity contribution in [3.8, 4) is 0 Å². The second-order valence-electron chi connectivity index (χ2n) is 6.51. The topological polar surface area (TPSA) is 28.6 Å². The van der Waals surface area contributed by atoms with E-state index in [4.69, 9.17) is 4.74 Å². The number of benzene rings is 1. The third-order valence-electron chi connectivity index (χ3n) is 4.47. The zero-order valence-electron chi connectivity index (χ0n) is 14.7. The van der Waals surface area contributed by atoms with Crippen LogP contribution in [0, 0.1) is 6.92 Å². The quantitative estimate of drug-likeness (QED) is 0.803. The first-order chi connectivity index (χ1) is 11.7. The van der Waals surface area contributed by atoms with Crippen LogP contribution in [0.5, 0.6) is 0 Å². The van der Waals surface area contributed by atoms with Gasteiger partial charge in [-0.2, -0.15) is 0 Å². The van der Waals surface area contributed by atoms with Crippen molar-refractivity contribution < 1.29 is 4.74 Å². The Kier molecular flexibility index (Phi) is 6.37. The third-order valence-corrected chi connectivity index (χ3v) is 5.30. The van der Waals surface area contributed by atoms with Crippen molar-refractivity contribution in [2.24, 2.45) is 0 Å². The van der Waals surface area contributed by atoms with Crippen molar-refractivity contribution in [2.45, 2.75) is 33.0 Å². The Bertz CT molecular complexity index is 626. The Balaban J connectivity index is 1.49. The Morgan fingerprint density at radius 1 is 1.00 bits per heavy atom. The molecule has 2 heterocycles. The molecule has 0 bridgehead atoms. The monoisotopic (exact) mass is 345 g/mol. The molecule has 0 radical (unpaired) electrons. The van der Waals surface area contributed by atoms with E-state index >= 15 is 0 Å². The highest BCUT2D eigenvalue weighted by Crippen LogP contribution is 2.14. The van der Waals surface area contributed by atoms with Gasteiger partial charge in [0.05, 0.1) is 17.3 Å². The lowest BCUT2D eigenvalue weighted by atomic mass is 10.1.